The molecule has 0 bridgehead atoms. The summed E-state index contributed by atoms with van der Waals surface area (Å²) < 4.78 is 40.1. The van der Waals surface area contributed by atoms with Gasteiger partial charge < -0.3 is 19.5 Å². The monoisotopic (exact) mass is 335 g/mol. The number of hydrogen-bond donors (Lipinski definition) is 1. The topological polar surface area (TPSA) is 39.7 Å². The minimum absolute atomic E-state index is 0.0144. The first-order chi connectivity index (χ1) is 11.6. The van der Waals surface area contributed by atoms with Crippen LogP contribution in [0.25, 0.3) is 0 Å². The van der Waals surface area contributed by atoms with Crippen LogP contribution in [0.4, 0.5) is 8.78 Å². The van der Waals surface area contributed by atoms with E-state index in [0.717, 1.165) is 22.6 Å². The molecule has 1 N–H and O–H groups in total. The molecule has 1 aliphatic heterocycles. The number of ether oxygens (including phenoxy) is 3. The summed E-state index contributed by atoms with van der Waals surface area (Å²) in [4.78, 5) is 0. The Morgan fingerprint density at radius 2 is 1.88 bits per heavy atom. The van der Waals surface area contributed by atoms with Gasteiger partial charge in [0.1, 0.15) is 19.0 Å². The summed E-state index contributed by atoms with van der Waals surface area (Å²) in [6, 6.07) is 12.5. The second kappa shape index (κ2) is 7.49. The summed E-state index contributed by atoms with van der Waals surface area (Å²) in [5.74, 6) is 1.67. The van der Waals surface area contributed by atoms with Crippen LogP contribution in [0.15, 0.2) is 42.5 Å². The fourth-order valence-corrected chi connectivity index (χ4v) is 2.55. The van der Waals surface area contributed by atoms with Crippen molar-refractivity contribution in [2.24, 2.45) is 0 Å². The van der Waals surface area contributed by atoms with Crippen LogP contribution in [0, 0.1) is 0 Å². The maximum atomic E-state index is 12.3. The number of alkyl halides is 2. The Hall–Kier alpha value is -2.34. The highest BCUT2D eigenvalue weighted by Gasteiger charge is 2.13. The van der Waals surface area contributed by atoms with Crippen LogP contribution in [0.5, 0.6) is 17.2 Å². The average molecular weight is 335 g/mol. The molecule has 0 saturated heterocycles. The van der Waals surface area contributed by atoms with Gasteiger partial charge in [-0.1, -0.05) is 18.2 Å². The summed E-state index contributed by atoms with van der Waals surface area (Å²) in [5.41, 5.74) is 1.94. The molecule has 1 atom stereocenters. The Morgan fingerprint density at radius 1 is 1.08 bits per heavy atom. The molecular formula is C18H19F2NO3. The van der Waals surface area contributed by atoms with Crippen molar-refractivity contribution in [2.45, 2.75) is 26.1 Å². The molecule has 2 aromatic rings. The molecule has 6 heteroatoms. The van der Waals surface area contributed by atoms with Crippen LogP contribution in [-0.4, -0.2) is 19.8 Å². The number of fused-ring (bicyclic) bond motifs is 1. The Kier molecular flexibility index (Phi) is 5.15. The second-order valence-electron chi connectivity index (χ2n) is 5.53. The smallest absolute Gasteiger partial charge is 0.387 e. The Morgan fingerprint density at radius 3 is 2.67 bits per heavy atom. The van der Waals surface area contributed by atoms with E-state index in [9.17, 15) is 8.78 Å². The lowest BCUT2D eigenvalue weighted by molar-refractivity contribution is -0.0499. The standard InChI is InChI=1S/C18H19F2NO3/c1-12(14-3-2-4-15(10-14)24-18(19)20)21-11-13-5-6-16-17(9-13)23-8-7-22-16/h2-6,9-10,12,18,21H,7-8,11H2,1H3. The first kappa shape index (κ1) is 16.5. The van der Waals surface area contributed by atoms with Gasteiger partial charge in [-0.25, -0.2) is 0 Å². The van der Waals surface area contributed by atoms with Crippen molar-refractivity contribution >= 4 is 0 Å². The molecule has 24 heavy (non-hydrogen) atoms. The van der Waals surface area contributed by atoms with Gasteiger partial charge >= 0.3 is 6.61 Å². The molecule has 0 aromatic heterocycles. The third-order valence-electron chi connectivity index (χ3n) is 3.80. The van der Waals surface area contributed by atoms with Gasteiger partial charge in [-0.05, 0) is 42.3 Å². The minimum Gasteiger partial charge on any atom is -0.486 e. The van der Waals surface area contributed by atoms with E-state index in [2.05, 4.69) is 10.1 Å². The Bertz CT molecular complexity index is 694. The maximum absolute atomic E-state index is 12.3. The van der Waals surface area contributed by atoms with Crippen molar-refractivity contribution in [3.63, 3.8) is 0 Å². The van der Waals surface area contributed by atoms with Crippen LogP contribution in [-0.2, 0) is 6.54 Å². The van der Waals surface area contributed by atoms with Crippen molar-refractivity contribution < 1.29 is 23.0 Å². The fraction of sp³-hybridized carbons (Fsp3) is 0.333. The summed E-state index contributed by atoms with van der Waals surface area (Å²) in [5, 5.41) is 3.36. The molecule has 1 aliphatic rings. The largest absolute Gasteiger partial charge is 0.486 e. The summed E-state index contributed by atoms with van der Waals surface area (Å²) >= 11 is 0. The first-order valence-corrected chi connectivity index (χ1v) is 7.78. The second-order valence-corrected chi connectivity index (χ2v) is 5.53. The zero-order chi connectivity index (χ0) is 16.9. The number of rotatable bonds is 6. The van der Waals surface area contributed by atoms with E-state index in [4.69, 9.17) is 9.47 Å². The van der Waals surface area contributed by atoms with Gasteiger partial charge in [0.05, 0.1) is 0 Å². The predicted molar refractivity (Wildman–Crippen MR) is 85.8 cm³/mol. The molecule has 0 fully saturated rings. The lowest BCUT2D eigenvalue weighted by Gasteiger charge is -2.20. The van der Waals surface area contributed by atoms with Crippen molar-refractivity contribution in [3.05, 3.63) is 53.6 Å². The highest BCUT2D eigenvalue weighted by atomic mass is 19.3. The van der Waals surface area contributed by atoms with E-state index >= 15 is 0 Å². The fourth-order valence-electron chi connectivity index (χ4n) is 2.55. The third kappa shape index (κ3) is 4.14. The molecule has 0 aliphatic carbocycles. The predicted octanol–water partition coefficient (Wildman–Crippen LogP) is 3.91. The third-order valence-corrected chi connectivity index (χ3v) is 3.80. The SMILES string of the molecule is CC(NCc1ccc2c(c1)OCCO2)c1cccc(OC(F)F)c1. The summed E-state index contributed by atoms with van der Waals surface area (Å²) in [7, 11) is 0. The van der Waals surface area contributed by atoms with Crippen molar-refractivity contribution in [2.75, 3.05) is 13.2 Å². The summed E-state index contributed by atoms with van der Waals surface area (Å²) in [6.45, 7) is 0.897. The highest BCUT2D eigenvalue weighted by molar-refractivity contribution is 5.43. The van der Waals surface area contributed by atoms with E-state index in [1.807, 2.05) is 31.2 Å². The van der Waals surface area contributed by atoms with E-state index < -0.39 is 6.61 Å². The van der Waals surface area contributed by atoms with Gasteiger partial charge in [-0.3, -0.25) is 0 Å². The van der Waals surface area contributed by atoms with Crippen LogP contribution >= 0.6 is 0 Å². The van der Waals surface area contributed by atoms with Gasteiger partial charge in [0, 0.05) is 12.6 Å². The van der Waals surface area contributed by atoms with E-state index in [0.29, 0.717) is 19.8 Å². The molecule has 0 spiro atoms. The molecule has 2 aromatic carbocycles. The maximum Gasteiger partial charge on any atom is 0.387 e. The van der Waals surface area contributed by atoms with Crippen LogP contribution in [0.1, 0.15) is 24.1 Å². The lowest BCUT2D eigenvalue weighted by Crippen LogP contribution is -2.19. The molecule has 1 unspecified atom stereocenters. The molecule has 1 heterocycles. The first-order valence-electron chi connectivity index (χ1n) is 7.78. The molecule has 3 rings (SSSR count). The Balaban J connectivity index is 1.62. The van der Waals surface area contributed by atoms with Crippen molar-refractivity contribution in [1.29, 1.82) is 0 Å². The van der Waals surface area contributed by atoms with Crippen LogP contribution < -0.4 is 19.5 Å². The Labute approximate surface area is 139 Å². The highest BCUT2D eigenvalue weighted by Crippen LogP contribution is 2.31. The van der Waals surface area contributed by atoms with Crippen molar-refractivity contribution in [3.8, 4) is 17.2 Å². The zero-order valence-corrected chi connectivity index (χ0v) is 13.3. The quantitative estimate of drug-likeness (QED) is 0.869. The van der Waals surface area contributed by atoms with E-state index in [1.54, 1.807) is 12.1 Å². The van der Waals surface area contributed by atoms with Gasteiger partial charge in [-0.2, -0.15) is 8.78 Å². The minimum atomic E-state index is -2.82. The van der Waals surface area contributed by atoms with Crippen LogP contribution in [0.3, 0.4) is 0 Å². The lowest BCUT2D eigenvalue weighted by atomic mass is 10.1. The zero-order valence-electron chi connectivity index (χ0n) is 13.3. The molecule has 0 radical (unpaired) electrons. The van der Waals surface area contributed by atoms with E-state index in [-0.39, 0.29) is 11.8 Å². The average Bonchev–Trinajstić information content (AvgIpc) is 2.59. The van der Waals surface area contributed by atoms with Gasteiger partial charge in [0.15, 0.2) is 11.5 Å². The summed E-state index contributed by atoms with van der Waals surface area (Å²) in [6.07, 6.45) is 0. The van der Waals surface area contributed by atoms with Crippen molar-refractivity contribution in [1.82, 2.24) is 5.32 Å². The number of halogens is 2. The number of nitrogens with one attached hydrogen (secondary N) is 1. The van der Waals surface area contributed by atoms with Gasteiger partial charge in [0.2, 0.25) is 0 Å². The van der Waals surface area contributed by atoms with Gasteiger partial charge in [0.25, 0.3) is 0 Å². The molecular weight excluding hydrogens is 316 g/mol. The molecule has 0 amide bonds. The number of hydrogen-bond acceptors (Lipinski definition) is 4. The molecule has 4 nitrogen and oxygen atoms in total. The molecule has 128 valence electrons. The van der Waals surface area contributed by atoms with Crippen LogP contribution in [0.2, 0.25) is 0 Å². The normalized spacial score (nSPS) is 14.5. The van der Waals surface area contributed by atoms with Gasteiger partial charge in [-0.15, -0.1) is 0 Å². The van der Waals surface area contributed by atoms with E-state index in [1.165, 1.54) is 6.07 Å². The number of benzene rings is 2. The molecule has 0 saturated carbocycles.